The molecule has 4 N–H and O–H groups in total. The standard InChI is InChI=1S/2C27H31ClN5O10P/c2*1-27-21(41-26(34)42-27)19(13-39-44(35)38-10-8-18(43-44)15-5-4-6-16(28)11-15)40-24(27)33-14-30-20-22(33)31-25(29)32-23(20)37-12-17-7-2-3-9-36-17/h2*4-6,11,14,17-19,21,24H,2-3,7-10,12-13H2,1H3,(H2,29,31,32)/t17-,18+,19-,21-,24-,27-,44-;17-,18-,19+,21+,24+,27+,44+/m10/s1. The molecule has 0 spiro atoms. The topological polar surface area (TPSA) is 355 Å². The summed E-state index contributed by atoms with van der Waals surface area (Å²) >= 11 is 12.3. The van der Waals surface area contributed by atoms with Gasteiger partial charge in [-0.15, -0.1) is 0 Å². The predicted molar refractivity (Wildman–Crippen MR) is 304 cm³/mol. The van der Waals surface area contributed by atoms with Gasteiger partial charge in [-0.25, -0.2) is 28.7 Å². The second kappa shape index (κ2) is 25.0. The minimum absolute atomic E-state index is 0.0444. The molecule has 14 atom stereocenters. The Morgan fingerprint density at radius 2 is 1.05 bits per heavy atom. The molecule has 0 saturated carbocycles. The Balaban J connectivity index is 0.000000162. The number of phosphoric acid groups is 2. The van der Waals surface area contributed by atoms with Crippen LogP contribution in [0.3, 0.4) is 0 Å². The summed E-state index contributed by atoms with van der Waals surface area (Å²) in [5.74, 6) is 0.297. The number of benzene rings is 2. The summed E-state index contributed by atoms with van der Waals surface area (Å²) in [6.07, 6.45) is 1.13. The summed E-state index contributed by atoms with van der Waals surface area (Å²) in [6, 6.07) is 14.2. The minimum Gasteiger partial charge on any atom is -0.473 e. The molecular formula is C54H62Cl2N10O20P2. The number of anilines is 2. The van der Waals surface area contributed by atoms with Crippen molar-refractivity contribution in [2.75, 3.05) is 64.3 Å². The van der Waals surface area contributed by atoms with Crippen molar-refractivity contribution in [2.45, 2.75) is 138 Å². The molecule has 0 unspecified atom stereocenters. The van der Waals surface area contributed by atoms with Gasteiger partial charge in [0, 0.05) is 36.1 Å². The van der Waals surface area contributed by atoms with E-state index in [1.807, 2.05) is 12.1 Å². The first kappa shape index (κ1) is 60.8. The smallest absolute Gasteiger partial charge is 0.473 e. The molecular weight excluding hydrogens is 1240 g/mol. The molecule has 0 amide bonds. The lowest BCUT2D eigenvalue weighted by Crippen LogP contribution is -2.42. The number of nitrogens with two attached hydrogens (primary N) is 2. The summed E-state index contributed by atoms with van der Waals surface area (Å²) in [7, 11) is -8.03. The fourth-order valence-corrected chi connectivity index (χ4v) is 15.0. The maximum atomic E-state index is 13.5. The quantitative estimate of drug-likeness (QED) is 0.0673. The molecule has 0 aliphatic carbocycles. The Hall–Kier alpha value is -6.08. The minimum atomic E-state index is -4.02. The number of carbonyl (C=O) groups excluding carboxylic acids is 2. The monoisotopic (exact) mass is 1300 g/mol. The number of hydrogen-bond acceptors (Lipinski definition) is 28. The highest BCUT2D eigenvalue weighted by atomic mass is 35.5. The van der Waals surface area contributed by atoms with Crippen LogP contribution in [0.5, 0.6) is 11.8 Å². The van der Waals surface area contributed by atoms with Crippen molar-refractivity contribution in [3.8, 4) is 11.8 Å². The van der Waals surface area contributed by atoms with Crippen LogP contribution in [0.15, 0.2) is 61.2 Å². The number of ether oxygens (including phenoxy) is 10. The number of fused-ring (bicyclic) bond motifs is 4. The SMILES string of the molecule is C[C@@]12OC(=O)O[C@@H]1[C@@H](CO[P@@]1(=O)OCC[C@@H](c3cccc(Cl)c3)O1)O[C@H]2n1cnc2c(OC[C@@H]3CCCCO3)nc(N)nc21.C[C@@]12OC(=O)O[C@@H]1[C@@H](CO[P@@]1(=O)OCC[C@@H](c3cccc(Cl)c3)O1)O[C@H]2n1cnc2c(OC[C@H]3CCCCO3)nc(N)nc21. The van der Waals surface area contributed by atoms with Crippen molar-refractivity contribution in [3.05, 3.63) is 82.4 Å². The van der Waals surface area contributed by atoms with E-state index in [2.05, 4.69) is 29.9 Å². The zero-order valence-electron chi connectivity index (χ0n) is 47.4. The van der Waals surface area contributed by atoms with E-state index in [1.165, 1.54) is 12.7 Å². The van der Waals surface area contributed by atoms with E-state index in [0.29, 0.717) is 58.4 Å². The van der Waals surface area contributed by atoms with Crippen LogP contribution in [0.2, 0.25) is 10.0 Å². The molecule has 0 radical (unpaired) electrons. The molecule has 14 rings (SSSR count). The molecule has 88 heavy (non-hydrogen) atoms. The van der Waals surface area contributed by atoms with Gasteiger partial charge in [0.1, 0.15) is 25.4 Å². The van der Waals surface area contributed by atoms with Gasteiger partial charge in [-0.2, -0.15) is 19.9 Å². The van der Waals surface area contributed by atoms with Gasteiger partial charge in [-0.3, -0.25) is 36.3 Å². The number of aromatic nitrogens is 8. The van der Waals surface area contributed by atoms with E-state index in [9.17, 15) is 18.7 Å². The fourth-order valence-electron chi connectivity index (χ4n) is 11.9. The summed E-state index contributed by atoms with van der Waals surface area (Å²) in [5, 5.41) is 1.05. The number of carbonyl (C=O) groups is 2. The van der Waals surface area contributed by atoms with E-state index in [1.54, 1.807) is 59.4 Å². The zero-order chi connectivity index (χ0) is 61.0. The summed E-state index contributed by atoms with van der Waals surface area (Å²) in [5.41, 5.74) is 12.2. The Labute approximate surface area is 511 Å². The Morgan fingerprint density at radius 3 is 1.45 bits per heavy atom. The highest BCUT2D eigenvalue weighted by molar-refractivity contribution is 7.48. The first-order valence-corrected chi connectivity index (χ1v) is 32.3. The van der Waals surface area contributed by atoms with Gasteiger partial charge in [-0.05, 0) is 87.8 Å². The predicted octanol–water partition coefficient (Wildman–Crippen LogP) is 9.01. The average Bonchev–Trinajstić information content (AvgIpc) is 1.61. The number of halogens is 2. The fraction of sp³-hybridized carbons (Fsp3) is 0.556. The first-order chi connectivity index (χ1) is 42.4. The molecule has 0 bridgehead atoms. The molecule has 30 nitrogen and oxygen atoms in total. The molecule has 8 fully saturated rings. The van der Waals surface area contributed by atoms with Gasteiger partial charge in [0.05, 0.1) is 63.5 Å². The van der Waals surface area contributed by atoms with Crippen molar-refractivity contribution in [1.29, 1.82) is 0 Å². The molecule has 6 aromatic rings. The van der Waals surface area contributed by atoms with Crippen LogP contribution in [-0.2, 0) is 74.2 Å². The van der Waals surface area contributed by atoms with Crippen LogP contribution in [0.1, 0.15) is 101 Å². The van der Waals surface area contributed by atoms with E-state index < -0.39 is 88.2 Å². The van der Waals surface area contributed by atoms with Gasteiger partial charge < -0.3 is 58.8 Å². The van der Waals surface area contributed by atoms with Crippen molar-refractivity contribution >= 4 is 85.4 Å². The van der Waals surface area contributed by atoms with Gasteiger partial charge in [0.15, 0.2) is 58.2 Å². The van der Waals surface area contributed by atoms with Gasteiger partial charge >= 0.3 is 28.0 Å². The van der Waals surface area contributed by atoms with Crippen LogP contribution < -0.4 is 20.9 Å². The maximum Gasteiger partial charge on any atom is 0.509 e. The molecule has 2 aromatic carbocycles. The third kappa shape index (κ3) is 12.5. The number of phosphoric ester groups is 2. The third-order valence-corrected chi connectivity index (χ3v) is 19.6. The maximum absolute atomic E-state index is 13.5. The highest BCUT2D eigenvalue weighted by Gasteiger charge is 2.66. The summed E-state index contributed by atoms with van der Waals surface area (Å²) in [4.78, 5) is 50.9. The lowest BCUT2D eigenvalue weighted by Gasteiger charge is -2.30. The molecule has 472 valence electrons. The number of nitrogen functional groups attached to an aromatic ring is 2. The van der Waals surface area contributed by atoms with E-state index in [-0.39, 0.29) is 75.5 Å². The number of rotatable bonds is 16. The first-order valence-electron chi connectivity index (χ1n) is 28.7. The van der Waals surface area contributed by atoms with Crippen molar-refractivity contribution in [1.82, 2.24) is 39.0 Å². The summed E-state index contributed by atoms with van der Waals surface area (Å²) < 4.78 is 122. The lowest BCUT2D eigenvalue weighted by atomic mass is 9.96. The zero-order valence-corrected chi connectivity index (χ0v) is 50.7. The normalized spacial score (nSPS) is 33.6. The van der Waals surface area contributed by atoms with Crippen molar-refractivity contribution < 1.29 is 93.2 Å². The molecule has 8 aliphatic heterocycles. The Bertz CT molecular complexity index is 3440. The van der Waals surface area contributed by atoms with Gasteiger partial charge in [0.2, 0.25) is 23.7 Å². The van der Waals surface area contributed by atoms with Crippen molar-refractivity contribution in [2.24, 2.45) is 0 Å². The second-order valence-corrected chi connectivity index (χ2v) is 26.4. The largest absolute Gasteiger partial charge is 0.509 e. The van der Waals surface area contributed by atoms with E-state index >= 15 is 0 Å². The molecule has 8 aliphatic rings. The Kier molecular flexibility index (Phi) is 17.2. The third-order valence-electron chi connectivity index (χ3n) is 16.1. The number of hydrogen-bond donors (Lipinski definition) is 2. The Morgan fingerprint density at radius 1 is 0.602 bits per heavy atom. The average molecular weight is 1300 g/mol. The molecule has 34 heteroatoms. The van der Waals surface area contributed by atoms with E-state index in [0.717, 1.165) is 49.7 Å². The molecule has 8 saturated heterocycles. The molecule has 12 heterocycles. The van der Waals surface area contributed by atoms with Crippen LogP contribution in [-0.4, -0.2) is 152 Å². The van der Waals surface area contributed by atoms with Crippen LogP contribution in [0.25, 0.3) is 22.3 Å². The van der Waals surface area contributed by atoms with Crippen LogP contribution >= 0.6 is 38.8 Å². The van der Waals surface area contributed by atoms with Crippen molar-refractivity contribution in [3.63, 3.8) is 0 Å². The molecule has 4 aromatic heterocycles. The highest BCUT2D eigenvalue weighted by Crippen LogP contribution is 2.60. The summed E-state index contributed by atoms with van der Waals surface area (Å²) in [6.45, 7) is 4.94. The van der Waals surface area contributed by atoms with Crippen LogP contribution in [0.4, 0.5) is 21.5 Å². The van der Waals surface area contributed by atoms with Crippen LogP contribution in [0, 0.1) is 0 Å². The van der Waals surface area contributed by atoms with Gasteiger partial charge in [0.25, 0.3) is 0 Å². The van der Waals surface area contributed by atoms with Gasteiger partial charge in [-0.1, -0.05) is 47.5 Å². The number of nitrogens with zero attached hydrogens (tertiary/aromatic N) is 8. The lowest BCUT2D eigenvalue weighted by molar-refractivity contribution is -0.0927. The number of imidazole rings is 2. The van der Waals surface area contributed by atoms with E-state index in [4.69, 9.17) is 109 Å². The second-order valence-electron chi connectivity index (χ2n) is 22.3.